The summed E-state index contributed by atoms with van der Waals surface area (Å²) in [5, 5.41) is 2.20. The molecule has 1 atom stereocenters. The summed E-state index contributed by atoms with van der Waals surface area (Å²) in [6, 6.07) is 17.6. The highest BCUT2D eigenvalue weighted by Gasteiger charge is 2.44. The van der Waals surface area contributed by atoms with Crippen molar-refractivity contribution in [2.75, 3.05) is 18.6 Å². The zero-order valence-electron chi connectivity index (χ0n) is 22.8. The maximum atomic E-state index is 13.4. The van der Waals surface area contributed by atoms with E-state index in [9.17, 15) is 32.1 Å². The number of amides is 4. The number of benzene rings is 3. The van der Waals surface area contributed by atoms with Crippen LogP contribution in [0.25, 0.3) is 0 Å². The Morgan fingerprint density at radius 3 is 2.24 bits per heavy atom. The first-order valence-corrected chi connectivity index (χ1v) is 14.8. The Bertz CT molecular complexity index is 1650. The summed E-state index contributed by atoms with van der Waals surface area (Å²) in [7, 11) is -2.68. The van der Waals surface area contributed by atoms with Gasteiger partial charge in [0.05, 0.1) is 23.1 Å². The highest BCUT2D eigenvalue weighted by atomic mass is 32.2. The van der Waals surface area contributed by atoms with Gasteiger partial charge in [0.2, 0.25) is 11.8 Å². The normalized spacial score (nSPS) is 16.8. The molecule has 4 amide bonds. The number of fused-ring (bicyclic) bond motifs is 1. The molecule has 1 unspecified atom stereocenters. The van der Waals surface area contributed by atoms with E-state index < -0.39 is 39.8 Å². The summed E-state index contributed by atoms with van der Waals surface area (Å²) in [4.78, 5) is 53.4. The number of carbonyl (C=O) groups is 4. The van der Waals surface area contributed by atoms with Crippen molar-refractivity contribution in [3.05, 3.63) is 89.0 Å². The topological polar surface area (TPSA) is 150 Å². The number of methoxy groups -OCH3 is 1. The molecule has 0 bridgehead atoms. The van der Waals surface area contributed by atoms with E-state index in [-0.39, 0.29) is 28.9 Å². The van der Waals surface area contributed by atoms with Crippen LogP contribution in [0.3, 0.4) is 0 Å². The third-order valence-electron chi connectivity index (χ3n) is 7.44. The van der Waals surface area contributed by atoms with Gasteiger partial charge < -0.3 is 9.64 Å². The molecule has 2 heterocycles. The molecule has 2 aliphatic rings. The molecule has 1 fully saturated rings. The number of hydrogen-bond acceptors (Lipinski definition) is 8. The fraction of sp³-hybridized carbons (Fsp3) is 0.267. The van der Waals surface area contributed by atoms with E-state index in [2.05, 4.69) is 10.2 Å². The van der Waals surface area contributed by atoms with Crippen molar-refractivity contribution >= 4 is 39.4 Å². The van der Waals surface area contributed by atoms with Crippen LogP contribution >= 0.6 is 0 Å². The lowest BCUT2D eigenvalue weighted by Gasteiger charge is -2.27. The van der Waals surface area contributed by atoms with Gasteiger partial charge in [-0.05, 0) is 72.9 Å². The molecule has 0 spiro atoms. The van der Waals surface area contributed by atoms with Gasteiger partial charge in [0, 0.05) is 25.2 Å². The predicted molar refractivity (Wildman–Crippen MR) is 152 cm³/mol. The van der Waals surface area contributed by atoms with E-state index >= 15 is 0 Å². The maximum absolute atomic E-state index is 13.4. The minimum atomic E-state index is -4.27. The van der Waals surface area contributed by atoms with E-state index in [0.717, 1.165) is 16.0 Å². The monoisotopic (exact) mass is 591 g/mol. The van der Waals surface area contributed by atoms with Crippen molar-refractivity contribution in [1.82, 2.24) is 10.2 Å². The molecule has 2 N–H and O–H groups in total. The lowest BCUT2D eigenvalue weighted by molar-refractivity contribution is -0.136. The fourth-order valence-corrected chi connectivity index (χ4v) is 5.69. The van der Waals surface area contributed by atoms with E-state index in [1.54, 1.807) is 37.4 Å². The number of rotatable bonds is 10. The Hall–Kier alpha value is -4.55. The molecule has 11 nitrogen and oxygen atoms in total. The van der Waals surface area contributed by atoms with Crippen LogP contribution < -0.4 is 15.0 Å². The summed E-state index contributed by atoms with van der Waals surface area (Å²) >= 11 is 0. The molecule has 218 valence electrons. The molecule has 5 rings (SSSR count). The first kappa shape index (κ1) is 29.0. The van der Waals surface area contributed by atoms with Crippen LogP contribution in [0, 0.1) is 0 Å². The van der Waals surface area contributed by atoms with Crippen LogP contribution in [-0.4, -0.2) is 61.2 Å². The average Bonchev–Trinajstić information content (AvgIpc) is 3.21. The van der Waals surface area contributed by atoms with Gasteiger partial charge in [0.15, 0.2) is 0 Å². The number of anilines is 1. The average molecular weight is 592 g/mol. The third kappa shape index (κ3) is 6.04. The molecule has 0 saturated carbocycles. The summed E-state index contributed by atoms with van der Waals surface area (Å²) in [5.74, 6) is -1.51. The fourth-order valence-electron chi connectivity index (χ4n) is 5.21. The number of imide groups is 2. The van der Waals surface area contributed by atoms with Crippen LogP contribution in [0.4, 0.5) is 5.69 Å². The Morgan fingerprint density at radius 2 is 1.60 bits per heavy atom. The highest BCUT2D eigenvalue weighted by Crippen LogP contribution is 2.31. The Labute approximate surface area is 242 Å². The number of piperidine rings is 1. The molecule has 42 heavy (non-hydrogen) atoms. The number of nitrogens with zero attached hydrogens (tertiary/aromatic N) is 2. The van der Waals surface area contributed by atoms with Gasteiger partial charge in [-0.2, -0.15) is 8.42 Å². The van der Waals surface area contributed by atoms with Crippen LogP contribution in [0.1, 0.15) is 51.1 Å². The first-order valence-electron chi connectivity index (χ1n) is 13.3. The van der Waals surface area contributed by atoms with Gasteiger partial charge in [-0.3, -0.25) is 33.9 Å². The molecule has 3 aromatic rings. The van der Waals surface area contributed by atoms with E-state index in [1.807, 2.05) is 24.3 Å². The van der Waals surface area contributed by atoms with Crippen LogP contribution in [0.2, 0.25) is 0 Å². The number of hydrogen-bond donors (Lipinski definition) is 2. The zero-order valence-corrected chi connectivity index (χ0v) is 23.6. The predicted octanol–water partition coefficient (Wildman–Crippen LogP) is 2.98. The molecular formula is C30H29N3O8S. The summed E-state index contributed by atoms with van der Waals surface area (Å²) in [6.45, 7) is 1.05. The van der Waals surface area contributed by atoms with Crippen molar-refractivity contribution in [2.45, 2.75) is 43.2 Å². The highest BCUT2D eigenvalue weighted by molar-refractivity contribution is 7.85. The molecule has 3 aromatic carbocycles. The minimum absolute atomic E-state index is 0.0449. The van der Waals surface area contributed by atoms with Gasteiger partial charge >= 0.3 is 0 Å². The summed E-state index contributed by atoms with van der Waals surface area (Å²) in [5.41, 5.74) is 2.99. The molecule has 2 aliphatic heterocycles. The van der Waals surface area contributed by atoms with Crippen LogP contribution in [0.15, 0.2) is 71.6 Å². The van der Waals surface area contributed by atoms with Gasteiger partial charge in [-0.15, -0.1) is 0 Å². The minimum Gasteiger partial charge on any atom is -0.497 e. The summed E-state index contributed by atoms with van der Waals surface area (Å²) < 4.78 is 37.2. The molecule has 12 heteroatoms. The van der Waals surface area contributed by atoms with Gasteiger partial charge in [0.25, 0.3) is 21.9 Å². The lowest BCUT2D eigenvalue weighted by atomic mass is 10.0. The summed E-state index contributed by atoms with van der Waals surface area (Å²) in [6.07, 6.45) is 1.42. The van der Waals surface area contributed by atoms with Crippen LogP contribution in [-0.2, 0) is 32.7 Å². The van der Waals surface area contributed by atoms with Crippen molar-refractivity contribution < 1.29 is 36.9 Å². The van der Waals surface area contributed by atoms with Crippen molar-refractivity contribution in [3.63, 3.8) is 0 Å². The van der Waals surface area contributed by atoms with E-state index in [0.29, 0.717) is 37.4 Å². The zero-order chi connectivity index (χ0) is 30.0. The second-order valence-corrected chi connectivity index (χ2v) is 11.6. The Kier molecular flexibility index (Phi) is 8.10. The molecular weight excluding hydrogens is 562 g/mol. The lowest BCUT2D eigenvalue weighted by Crippen LogP contribution is -2.54. The quantitative estimate of drug-likeness (QED) is 0.268. The molecule has 1 saturated heterocycles. The molecule has 0 radical (unpaired) electrons. The van der Waals surface area contributed by atoms with Crippen molar-refractivity contribution in [3.8, 4) is 5.75 Å². The SMILES string of the molecule is COc1ccc(CN(CCCc2ccc(S(=O)(=O)O)cc2)c2ccc3c(c2)C(=O)N(C2CCC(=O)NC2=O)C3=O)cc1. The maximum Gasteiger partial charge on any atom is 0.294 e. The Balaban J connectivity index is 1.37. The van der Waals surface area contributed by atoms with Crippen molar-refractivity contribution in [1.29, 1.82) is 0 Å². The molecule has 0 aromatic heterocycles. The van der Waals surface area contributed by atoms with E-state index in [4.69, 9.17) is 4.74 Å². The van der Waals surface area contributed by atoms with Gasteiger partial charge in [-0.1, -0.05) is 24.3 Å². The molecule has 0 aliphatic carbocycles. The number of aryl methyl sites for hydroxylation is 1. The second-order valence-electron chi connectivity index (χ2n) is 10.2. The van der Waals surface area contributed by atoms with E-state index in [1.165, 1.54) is 12.1 Å². The van der Waals surface area contributed by atoms with Crippen LogP contribution in [0.5, 0.6) is 5.75 Å². The first-order chi connectivity index (χ1) is 20.0. The largest absolute Gasteiger partial charge is 0.497 e. The third-order valence-corrected chi connectivity index (χ3v) is 8.30. The number of ether oxygens (including phenoxy) is 1. The van der Waals surface area contributed by atoms with Gasteiger partial charge in [0.1, 0.15) is 11.8 Å². The second kappa shape index (κ2) is 11.7. The van der Waals surface area contributed by atoms with Crippen molar-refractivity contribution in [2.24, 2.45) is 0 Å². The smallest absolute Gasteiger partial charge is 0.294 e. The number of carbonyl (C=O) groups excluding carboxylic acids is 4. The standard InChI is InChI=1S/C30H29N3O8S/c1-41-22-9-4-20(5-10-22)18-32(16-2-3-19-6-11-23(12-7-19)42(38,39)40)21-8-13-24-25(17-21)30(37)33(29(24)36)26-14-15-27(34)31-28(26)35/h4-13,17,26H,2-3,14-16,18H2,1H3,(H,31,34,35)(H,38,39,40). The number of nitrogens with one attached hydrogen (secondary N) is 1. The Morgan fingerprint density at radius 1 is 0.929 bits per heavy atom. The van der Waals surface area contributed by atoms with Gasteiger partial charge in [-0.25, -0.2) is 0 Å².